The number of hydrogen-bond acceptors (Lipinski definition) is 8. The molecule has 1 aromatic heterocycles. The van der Waals surface area contributed by atoms with E-state index in [1.165, 1.54) is 48.9 Å². The molecule has 3 aromatic rings. The van der Waals surface area contributed by atoms with Gasteiger partial charge in [0.2, 0.25) is 0 Å². The number of non-ortho nitro benzene ring substituents is 1. The van der Waals surface area contributed by atoms with E-state index < -0.39 is 14.9 Å². The third-order valence-electron chi connectivity index (χ3n) is 3.75. The largest absolute Gasteiger partial charge is 0.497 e. The van der Waals surface area contributed by atoms with Gasteiger partial charge < -0.3 is 4.74 Å². The zero-order valence-corrected chi connectivity index (χ0v) is 16.7. The fourth-order valence-corrected chi connectivity index (χ4v) is 4.18. The molecular formula is C18H16N4O5S2. The lowest BCUT2D eigenvalue weighted by Gasteiger charge is -2.12. The molecule has 150 valence electrons. The lowest BCUT2D eigenvalue weighted by atomic mass is 10.3. The summed E-state index contributed by atoms with van der Waals surface area (Å²) >= 11 is 1.49. The van der Waals surface area contributed by atoms with Gasteiger partial charge in [-0.05, 0) is 47.2 Å². The van der Waals surface area contributed by atoms with Crippen molar-refractivity contribution in [2.24, 2.45) is 5.10 Å². The number of ether oxygens (including phenoxy) is 1. The van der Waals surface area contributed by atoms with Gasteiger partial charge in [0.05, 0.1) is 23.9 Å². The molecule has 0 amide bonds. The first-order valence-electron chi connectivity index (χ1n) is 8.15. The van der Waals surface area contributed by atoms with Gasteiger partial charge in [-0.15, -0.1) is 0 Å². The third kappa shape index (κ3) is 5.09. The molecule has 0 aliphatic rings. The number of methoxy groups -OCH3 is 1. The Morgan fingerprint density at radius 1 is 1.17 bits per heavy atom. The van der Waals surface area contributed by atoms with Crippen LogP contribution in [0.2, 0.25) is 0 Å². The number of nitro benzene ring substituents is 1. The Labute approximate surface area is 170 Å². The number of hydrogen-bond donors (Lipinski definition) is 2. The number of nitrogens with zero attached hydrogens (tertiary/aromatic N) is 2. The number of sulfonamides is 1. The van der Waals surface area contributed by atoms with Crippen LogP contribution in [-0.4, -0.2) is 26.7 Å². The number of benzene rings is 2. The van der Waals surface area contributed by atoms with Gasteiger partial charge in [0.15, 0.2) is 0 Å². The zero-order valence-electron chi connectivity index (χ0n) is 15.1. The quantitative estimate of drug-likeness (QED) is 0.316. The molecule has 0 bridgehead atoms. The minimum absolute atomic E-state index is 0.100. The second-order valence-electron chi connectivity index (χ2n) is 5.70. The Morgan fingerprint density at radius 2 is 1.93 bits per heavy atom. The third-order valence-corrected chi connectivity index (χ3v) is 5.87. The molecule has 0 atom stereocenters. The van der Waals surface area contributed by atoms with E-state index in [4.69, 9.17) is 4.74 Å². The molecule has 3 rings (SSSR count). The molecule has 0 spiro atoms. The number of rotatable bonds is 8. The van der Waals surface area contributed by atoms with E-state index in [0.29, 0.717) is 5.75 Å². The number of nitro groups is 1. The van der Waals surface area contributed by atoms with Crippen LogP contribution >= 0.6 is 11.3 Å². The summed E-state index contributed by atoms with van der Waals surface area (Å²) in [6.45, 7) is 0. The maximum Gasteiger partial charge on any atom is 0.270 e. The van der Waals surface area contributed by atoms with Crippen molar-refractivity contribution >= 4 is 44.6 Å². The number of hydrazone groups is 1. The average Bonchev–Trinajstić information content (AvgIpc) is 3.22. The lowest BCUT2D eigenvalue weighted by molar-refractivity contribution is -0.385. The van der Waals surface area contributed by atoms with Crippen molar-refractivity contribution in [2.45, 2.75) is 4.90 Å². The van der Waals surface area contributed by atoms with Crippen LogP contribution in [0.4, 0.5) is 17.1 Å². The first kappa shape index (κ1) is 20.3. The summed E-state index contributed by atoms with van der Waals surface area (Å²) in [7, 11) is -2.64. The molecule has 0 aliphatic carbocycles. The molecule has 11 heteroatoms. The molecular weight excluding hydrogens is 416 g/mol. The van der Waals surface area contributed by atoms with Gasteiger partial charge in [0, 0.05) is 23.4 Å². The molecule has 0 radical (unpaired) electrons. The minimum atomic E-state index is -4.13. The molecule has 0 saturated heterocycles. The van der Waals surface area contributed by atoms with Crippen LogP contribution in [0.5, 0.6) is 5.75 Å². The summed E-state index contributed by atoms with van der Waals surface area (Å²) in [5.41, 5.74) is 3.51. The van der Waals surface area contributed by atoms with Crippen LogP contribution in [-0.2, 0) is 10.0 Å². The Balaban J connectivity index is 1.92. The predicted octanol–water partition coefficient (Wildman–Crippen LogP) is 3.91. The van der Waals surface area contributed by atoms with E-state index >= 15 is 0 Å². The summed E-state index contributed by atoms with van der Waals surface area (Å²) in [5.74, 6) is 0.563. The van der Waals surface area contributed by atoms with E-state index in [0.717, 1.165) is 11.6 Å². The van der Waals surface area contributed by atoms with Crippen LogP contribution < -0.4 is 14.9 Å². The van der Waals surface area contributed by atoms with Crippen molar-refractivity contribution in [3.8, 4) is 5.75 Å². The van der Waals surface area contributed by atoms with Crippen molar-refractivity contribution < 1.29 is 18.1 Å². The molecule has 2 N–H and O–H groups in total. The van der Waals surface area contributed by atoms with Crippen molar-refractivity contribution in [1.82, 2.24) is 0 Å². The van der Waals surface area contributed by atoms with Crippen molar-refractivity contribution in [3.05, 3.63) is 75.0 Å². The Morgan fingerprint density at radius 3 is 2.55 bits per heavy atom. The molecule has 0 aliphatic heterocycles. The summed E-state index contributed by atoms with van der Waals surface area (Å²) in [6, 6.07) is 11.6. The highest BCUT2D eigenvalue weighted by Gasteiger charge is 2.22. The van der Waals surface area contributed by atoms with Crippen LogP contribution in [0.25, 0.3) is 0 Å². The molecule has 29 heavy (non-hydrogen) atoms. The number of thiophene rings is 1. The number of anilines is 2. The maximum atomic E-state index is 12.9. The minimum Gasteiger partial charge on any atom is -0.497 e. The second kappa shape index (κ2) is 8.71. The maximum absolute atomic E-state index is 12.9. The molecule has 1 heterocycles. The SMILES string of the molecule is COc1ccc(NS(=O)(=O)c2cc([N+](=O)[O-])ccc2N/N=C/c2ccsc2)cc1. The summed E-state index contributed by atoms with van der Waals surface area (Å²) < 4.78 is 33.2. The van der Waals surface area contributed by atoms with E-state index in [1.807, 2.05) is 16.8 Å². The van der Waals surface area contributed by atoms with Crippen molar-refractivity contribution in [2.75, 3.05) is 17.3 Å². The molecule has 9 nitrogen and oxygen atoms in total. The van der Waals surface area contributed by atoms with Gasteiger partial charge in [0.25, 0.3) is 15.7 Å². The Kier molecular flexibility index (Phi) is 6.10. The van der Waals surface area contributed by atoms with Crippen molar-refractivity contribution in [1.29, 1.82) is 0 Å². The van der Waals surface area contributed by atoms with Crippen LogP contribution in [0, 0.1) is 10.1 Å². The van der Waals surface area contributed by atoms with Crippen LogP contribution in [0.3, 0.4) is 0 Å². The Hall–Kier alpha value is -3.44. The topological polar surface area (TPSA) is 123 Å². The molecule has 2 aromatic carbocycles. The fourth-order valence-electron chi connectivity index (χ4n) is 2.33. The average molecular weight is 432 g/mol. The van der Waals surface area contributed by atoms with Gasteiger partial charge in [-0.1, -0.05) is 0 Å². The molecule has 0 fully saturated rings. The number of nitrogens with one attached hydrogen (secondary N) is 2. The first-order chi connectivity index (χ1) is 13.9. The standard InChI is InChI=1S/C18H16N4O5S2/c1-27-16-5-2-14(3-6-16)21-29(25,26)18-10-15(22(23)24)4-7-17(18)20-19-11-13-8-9-28-12-13/h2-12,20-21H,1H3/b19-11+. The normalized spacial score (nSPS) is 11.3. The highest BCUT2D eigenvalue weighted by atomic mass is 32.2. The van der Waals surface area contributed by atoms with Gasteiger partial charge >= 0.3 is 0 Å². The zero-order chi connectivity index (χ0) is 20.9. The van der Waals surface area contributed by atoms with Crippen LogP contribution in [0.1, 0.15) is 5.56 Å². The smallest absolute Gasteiger partial charge is 0.270 e. The van der Waals surface area contributed by atoms with Gasteiger partial charge in [-0.3, -0.25) is 20.3 Å². The Bertz CT molecular complexity index is 1130. The summed E-state index contributed by atoms with van der Waals surface area (Å²) in [4.78, 5) is 10.2. The van der Waals surface area contributed by atoms with Crippen LogP contribution in [0.15, 0.2) is 69.3 Å². The highest BCUT2D eigenvalue weighted by Crippen LogP contribution is 2.28. The lowest BCUT2D eigenvalue weighted by Crippen LogP contribution is -2.15. The highest BCUT2D eigenvalue weighted by molar-refractivity contribution is 7.92. The molecule has 0 unspecified atom stereocenters. The van der Waals surface area contributed by atoms with Gasteiger partial charge in [-0.25, -0.2) is 8.42 Å². The van der Waals surface area contributed by atoms with E-state index in [2.05, 4.69) is 15.2 Å². The molecule has 0 saturated carbocycles. The van der Waals surface area contributed by atoms with E-state index in [1.54, 1.807) is 12.1 Å². The summed E-state index contributed by atoms with van der Waals surface area (Å²) in [5, 5.41) is 18.9. The fraction of sp³-hybridized carbons (Fsp3) is 0.0556. The van der Waals surface area contributed by atoms with Gasteiger partial charge in [-0.2, -0.15) is 16.4 Å². The first-order valence-corrected chi connectivity index (χ1v) is 10.6. The second-order valence-corrected chi connectivity index (χ2v) is 8.13. The van der Waals surface area contributed by atoms with Crippen molar-refractivity contribution in [3.63, 3.8) is 0 Å². The van der Waals surface area contributed by atoms with Gasteiger partial charge in [0.1, 0.15) is 10.6 Å². The summed E-state index contributed by atoms with van der Waals surface area (Å²) in [6.07, 6.45) is 1.52. The van der Waals surface area contributed by atoms with E-state index in [9.17, 15) is 18.5 Å². The monoisotopic (exact) mass is 432 g/mol. The predicted molar refractivity (Wildman–Crippen MR) is 112 cm³/mol. The van der Waals surface area contributed by atoms with E-state index in [-0.39, 0.29) is 22.0 Å².